The molecule has 1 aliphatic heterocycles. The lowest BCUT2D eigenvalue weighted by molar-refractivity contribution is -0.154. The summed E-state index contributed by atoms with van der Waals surface area (Å²) in [5.74, 6) is -1.83. The van der Waals surface area contributed by atoms with Gasteiger partial charge in [-0.3, -0.25) is 4.79 Å². The van der Waals surface area contributed by atoms with Crippen molar-refractivity contribution in [2.45, 2.75) is 31.7 Å². The third kappa shape index (κ3) is 2.36. The number of carbonyl (C=O) groups excluding carboxylic acids is 1. The van der Waals surface area contributed by atoms with Crippen molar-refractivity contribution in [3.05, 3.63) is 35.9 Å². The van der Waals surface area contributed by atoms with Gasteiger partial charge in [-0.05, 0) is 19.4 Å². The van der Waals surface area contributed by atoms with Crippen LogP contribution in [0.3, 0.4) is 0 Å². The Morgan fingerprint density at radius 2 is 1.89 bits per heavy atom. The number of nitrogens with zero attached hydrogens (tertiary/aromatic N) is 1. The molecule has 1 amide bonds. The van der Waals surface area contributed by atoms with E-state index in [-0.39, 0.29) is 0 Å². The number of benzene rings is 1. The Morgan fingerprint density at radius 3 is 2.37 bits per heavy atom. The topological polar surface area (TPSA) is 66.8 Å². The zero-order chi connectivity index (χ0) is 14.2. The van der Waals surface area contributed by atoms with Crippen molar-refractivity contribution in [1.29, 1.82) is 0 Å². The van der Waals surface area contributed by atoms with Gasteiger partial charge in [0.05, 0.1) is 6.04 Å². The van der Waals surface area contributed by atoms with Crippen LogP contribution in [0.15, 0.2) is 30.3 Å². The molecular weight excluding hydrogens is 245 g/mol. The molecule has 0 bridgehead atoms. The summed E-state index contributed by atoms with van der Waals surface area (Å²) in [6.07, 6.45) is -1.13. The molecule has 1 aliphatic rings. The highest BCUT2D eigenvalue weighted by atomic mass is 16.6. The first kappa shape index (κ1) is 13.6. The second-order valence-electron chi connectivity index (χ2n) is 4.89. The Morgan fingerprint density at radius 1 is 1.32 bits per heavy atom. The molecule has 1 fully saturated rings. The molecule has 0 spiro atoms. The van der Waals surface area contributed by atoms with E-state index in [0.717, 1.165) is 0 Å². The maximum Gasteiger partial charge on any atom is 0.335 e. The van der Waals surface area contributed by atoms with Crippen LogP contribution in [0.2, 0.25) is 0 Å². The highest BCUT2D eigenvalue weighted by Crippen LogP contribution is 2.41. The number of ether oxygens (including phenoxy) is 1. The number of amides is 1. The zero-order valence-electron chi connectivity index (χ0n) is 10.7. The molecule has 0 unspecified atom stereocenters. The molecular formula is C13H14BNO4. The van der Waals surface area contributed by atoms with E-state index in [4.69, 9.17) is 12.6 Å². The Kier molecular flexibility index (Phi) is 3.37. The number of hydrogen-bond donors (Lipinski definition) is 1. The zero-order valence-corrected chi connectivity index (χ0v) is 10.7. The van der Waals surface area contributed by atoms with E-state index in [1.54, 1.807) is 38.1 Å². The van der Waals surface area contributed by atoms with E-state index < -0.39 is 29.6 Å². The summed E-state index contributed by atoms with van der Waals surface area (Å²) >= 11 is 0. The molecule has 0 aliphatic carbocycles. The lowest BCUT2D eigenvalue weighted by Gasteiger charge is -2.33. The van der Waals surface area contributed by atoms with Gasteiger partial charge >= 0.3 is 5.97 Å². The number of carboxylic acid groups (broad SMARTS) is 1. The maximum absolute atomic E-state index is 11.6. The largest absolute Gasteiger partial charge is 0.479 e. The lowest BCUT2D eigenvalue weighted by atomic mass is 9.96. The third-order valence-electron chi connectivity index (χ3n) is 3.18. The summed E-state index contributed by atoms with van der Waals surface area (Å²) in [5, 5.41) is 9.27. The first-order chi connectivity index (χ1) is 8.84. The van der Waals surface area contributed by atoms with Crippen molar-refractivity contribution >= 4 is 19.6 Å². The lowest BCUT2D eigenvalue weighted by Crippen LogP contribution is -2.44. The molecule has 1 heterocycles. The molecule has 1 aromatic rings. The SMILES string of the molecule is [B]C(=O)N1[C@@H](c2ccccc2)[C@H](C(=O)O)OC1(C)C. The van der Waals surface area contributed by atoms with Crippen molar-refractivity contribution in [3.8, 4) is 0 Å². The molecule has 1 N–H and O–H groups in total. The minimum atomic E-state index is -1.13. The fourth-order valence-corrected chi connectivity index (χ4v) is 2.46. The second kappa shape index (κ2) is 4.70. The normalized spacial score (nSPS) is 25.3. The molecule has 2 atom stereocenters. The highest BCUT2D eigenvalue weighted by molar-refractivity contribution is 6.57. The monoisotopic (exact) mass is 259 g/mol. The van der Waals surface area contributed by atoms with E-state index in [9.17, 15) is 14.7 Å². The van der Waals surface area contributed by atoms with Crippen LogP contribution in [-0.4, -0.2) is 41.5 Å². The van der Waals surface area contributed by atoms with Gasteiger partial charge < -0.3 is 14.7 Å². The van der Waals surface area contributed by atoms with E-state index in [1.807, 2.05) is 6.07 Å². The minimum Gasteiger partial charge on any atom is -0.479 e. The molecule has 19 heavy (non-hydrogen) atoms. The quantitative estimate of drug-likeness (QED) is 0.818. The van der Waals surface area contributed by atoms with E-state index in [1.165, 1.54) is 4.90 Å². The Balaban J connectivity index is 2.50. The van der Waals surface area contributed by atoms with Gasteiger partial charge in [0, 0.05) is 0 Å². The van der Waals surface area contributed by atoms with Gasteiger partial charge in [-0.2, -0.15) is 0 Å². The smallest absolute Gasteiger partial charge is 0.335 e. The summed E-state index contributed by atoms with van der Waals surface area (Å²) in [6, 6.07) is 8.14. The van der Waals surface area contributed by atoms with Crippen LogP contribution < -0.4 is 0 Å². The standard InChI is InChI=1S/C13H14BNO4/c1-13(2)15(12(14)18)9(10(19-13)11(16)17)8-6-4-3-5-7-8/h3-7,9-10H,1-2H3,(H,16,17)/t9-,10+/m0/s1. The van der Waals surface area contributed by atoms with Crippen molar-refractivity contribution in [1.82, 2.24) is 4.90 Å². The molecule has 5 nitrogen and oxygen atoms in total. The summed E-state index contributed by atoms with van der Waals surface area (Å²) in [4.78, 5) is 24.2. The number of aliphatic carboxylic acids is 1. The van der Waals surface area contributed by atoms with Crippen LogP contribution in [0.5, 0.6) is 0 Å². The predicted octanol–water partition coefficient (Wildman–Crippen LogP) is 1.54. The van der Waals surface area contributed by atoms with Crippen LogP contribution in [0.4, 0.5) is 4.79 Å². The average Bonchev–Trinajstić information content (AvgIpc) is 2.62. The van der Waals surface area contributed by atoms with Crippen molar-refractivity contribution in [3.63, 3.8) is 0 Å². The van der Waals surface area contributed by atoms with E-state index in [2.05, 4.69) is 0 Å². The first-order valence-corrected chi connectivity index (χ1v) is 5.89. The maximum atomic E-state index is 11.6. The minimum absolute atomic E-state index is 0.680. The summed E-state index contributed by atoms with van der Waals surface area (Å²) in [7, 11) is 5.38. The van der Waals surface area contributed by atoms with Crippen LogP contribution in [0.1, 0.15) is 25.5 Å². The van der Waals surface area contributed by atoms with E-state index >= 15 is 0 Å². The Labute approximate surface area is 112 Å². The number of carbonyl (C=O) groups is 2. The van der Waals surface area contributed by atoms with Crippen LogP contribution >= 0.6 is 0 Å². The average molecular weight is 259 g/mol. The molecule has 0 aromatic heterocycles. The molecule has 98 valence electrons. The molecule has 0 saturated carbocycles. The highest BCUT2D eigenvalue weighted by Gasteiger charge is 2.52. The number of hydrogen-bond acceptors (Lipinski definition) is 3. The fraction of sp³-hybridized carbons (Fsp3) is 0.385. The van der Waals surface area contributed by atoms with Crippen LogP contribution in [0, 0.1) is 0 Å². The summed E-state index contributed by atoms with van der Waals surface area (Å²) in [6.45, 7) is 3.24. The molecule has 1 aromatic carbocycles. The van der Waals surface area contributed by atoms with Crippen molar-refractivity contribution in [2.75, 3.05) is 0 Å². The van der Waals surface area contributed by atoms with Gasteiger partial charge in [0.15, 0.2) is 11.9 Å². The van der Waals surface area contributed by atoms with Gasteiger partial charge in [-0.1, -0.05) is 30.3 Å². The van der Waals surface area contributed by atoms with Gasteiger partial charge in [0.2, 0.25) is 7.85 Å². The molecule has 6 heteroatoms. The van der Waals surface area contributed by atoms with Crippen LogP contribution in [0.25, 0.3) is 0 Å². The predicted molar refractivity (Wildman–Crippen MR) is 68.8 cm³/mol. The Hall–Kier alpha value is -1.82. The van der Waals surface area contributed by atoms with Crippen molar-refractivity contribution in [2.24, 2.45) is 0 Å². The van der Waals surface area contributed by atoms with Crippen LogP contribution in [-0.2, 0) is 9.53 Å². The van der Waals surface area contributed by atoms with Gasteiger partial charge in [0.1, 0.15) is 5.72 Å². The number of rotatable bonds is 2. The first-order valence-electron chi connectivity index (χ1n) is 5.89. The number of carboxylic acids is 1. The fourth-order valence-electron chi connectivity index (χ4n) is 2.46. The Bertz CT molecular complexity index is 503. The second-order valence-corrected chi connectivity index (χ2v) is 4.89. The van der Waals surface area contributed by atoms with E-state index in [0.29, 0.717) is 5.56 Å². The van der Waals surface area contributed by atoms with Gasteiger partial charge in [-0.25, -0.2) is 4.79 Å². The summed E-state index contributed by atoms with van der Waals surface area (Å²) < 4.78 is 5.48. The van der Waals surface area contributed by atoms with Gasteiger partial charge in [-0.15, -0.1) is 0 Å². The molecule has 2 rings (SSSR count). The molecule has 2 radical (unpaired) electrons. The van der Waals surface area contributed by atoms with Gasteiger partial charge in [0.25, 0.3) is 0 Å². The molecule has 1 saturated heterocycles. The van der Waals surface area contributed by atoms with Crippen molar-refractivity contribution < 1.29 is 19.4 Å². The summed E-state index contributed by atoms with van der Waals surface area (Å²) in [5.41, 5.74) is -0.380. The third-order valence-corrected chi connectivity index (χ3v) is 3.18.